The zero-order chi connectivity index (χ0) is 15.6. The van der Waals surface area contributed by atoms with E-state index in [4.69, 9.17) is 17.3 Å². The zero-order valence-corrected chi connectivity index (χ0v) is 12.6. The normalized spacial score (nSPS) is 10.5. The molecule has 1 amide bonds. The number of aryl methyl sites for hydroxylation is 1. The molecule has 0 saturated carbocycles. The van der Waals surface area contributed by atoms with E-state index in [0.717, 1.165) is 5.56 Å². The van der Waals surface area contributed by atoms with Crippen molar-refractivity contribution in [2.45, 2.75) is 13.5 Å². The first-order valence-electron chi connectivity index (χ1n) is 6.44. The van der Waals surface area contributed by atoms with Crippen molar-refractivity contribution < 1.29 is 9.18 Å². The van der Waals surface area contributed by atoms with Gasteiger partial charge in [-0.3, -0.25) is 4.79 Å². The van der Waals surface area contributed by atoms with E-state index in [9.17, 15) is 9.18 Å². The fraction of sp³-hybridized carbons (Fsp3) is 0.188. The molecule has 0 aliphatic carbocycles. The molecule has 0 unspecified atom stereocenters. The topological polar surface area (TPSA) is 46.3 Å². The van der Waals surface area contributed by atoms with Crippen molar-refractivity contribution in [2.75, 3.05) is 12.8 Å². The van der Waals surface area contributed by atoms with Crippen LogP contribution in [0.3, 0.4) is 0 Å². The minimum atomic E-state index is -0.425. The lowest BCUT2D eigenvalue weighted by atomic mass is 10.1. The summed E-state index contributed by atoms with van der Waals surface area (Å²) in [6.45, 7) is 1.93. The Hall–Kier alpha value is -2.07. The molecule has 0 spiro atoms. The third kappa shape index (κ3) is 3.34. The summed E-state index contributed by atoms with van der Waals surface area (Å²) in [4.78, 5) is 13.9. The minimum Gasteiger partial charge on any atom is -0.399 e. The second-order valence-corrected chi connectivity index (χ2v) is 5.34. The van der Waals surface area contributed by atoms with Gasteiger partial charge in [-0.2, -0.15) is 0 Å². The number of hydrogen-bond acceptors (Lipinski definition) is 2. The lowest BCUT2D eigenvalue weighted by Gasteiger charge is -2.19. The molecule has 0 atom stereocenters. The van der Waals surface area contributed by atoms with E-state index in [0.29, 0.717) is 21.8 Å². The summed E-state index contributed by atoms with van der Waals surface area (Å²) in [5, 5.41) is 0.305. The Morgan fingerprint density at radius 1 is 1.33 bits per heavy atom. The van der Waals surface area contributed by atoms with Crippen molar-refractivity contribution in [3.8, 4) is 0 Å². The highest BCUT2D eigenvalue weighted by Gasteiger charge is 2.17. The third-order valence-corrected chi connectivity index (χ3v) is 3.65. The first-order chi connectivity index (χ1) is 9.90. The number of halogens is 2. The van der Waals surface area contributed by atoms with Gasteiger partial charge in [0.15, 0.2) is 0 Å². The number of rotatable bonds is 3. The molecule has 0 radical (unpaired) electrons. The SMILES string of the molecule is Cc1ccc(N)cc1C(=O)N(C)Cc1c(F)cccc1Cl. The van der Waals surface area contributed by atoms with Crippen LogP contribution >= 0.6 is 11.6 Å². The number of nitrogens with two attached hydrogens (primary N) is 1. The van der Waals surface area contributed by atoms with E-state index >= 15 is 0 Å². The van der Waals surface area contributed by atoms with E-state index in [1.165, 1.54) is 17.0 Å². The lowest BCUT2D eigenvalue weighted by Crippen LogP contribution is -2.27. The molecule has 2 aromatic rings. The molecule has 0 aromatic heterocycles. The molecule has 0 heterocycles. The molecule has 2 aromatic carbocycles. The number of nitrogen functional groups attached to an aromatic ring is 1. The Morgan fingerprint density at radius 2 is 2.05 bits per heavy atom. The molecule has 0 aliphatic heterocycles. The van der Waals surface area contributed by atoms with Gasteiger partial charge in [0.2, 0.25) is 0 Å². The summed E-state index contributed by atoms with van der Waals surface area (Å²) in [6.07, 6.45) is 0. The smallest absolute Gasteiger partial charge is 0.254 e. The molecule has 110 valence electrons. The van der Waals surface area contributed by atoms with Gasteiger partial charge in [0, 0.05) is 35.4 Å². The standard InChI is InChI=1S/C16H16ClFN2O/c1-10-6-7-11(19)8-12(10)16(21)20(2)9-13-14(17)4-3-5-15(13)18/h3-8H,9,19H2,1-2H3. The van der Waals surface area contributed by atoms with Crippen molar-refractivity contribution in [1.82, 2.24) is 4.90 Å². The van der Waals surface area contributed by atoms with Gasteiger partial charge in [0.25, 0.3) is 5.91 Å². The van der Waals surface area contributed by atoms with Crippen LogP contribution in [0.1, 0.15) is 21.5 Å². The van der Waals surface area contributed by atoms with Crippen LogP contribution in [0.5, 0.6) is 0 Å². The van der Waals surface area contributed by atoms with Crippen LogP contribution in [0.15, 0.2) is 36.4 Å². The van der Waals surface area contributed by atoms with Crippen molar-refractivity contribution >= 4 is 23.2 Å². The van der Waals surface area contributed by atoms with Crippen LogP contribution in [0.25, 0.3) is 0 Å². The van der Waals surface area contributed by atoms with Crippen LogP contribution in [0.2, 0.25) is 5.02 Å². The second-order valence-electron chi connectivity index (χ2n) is 4.94. The van der Waals surface area contributed by atoms with E-state index in [1.54, 1.807) is 31.3 Å². The first kappa shape index (κ1) is 15.3. The average molecular weight is 307 g/mol. The number of hydrogen-bond donors (Lipinski definition) is 1. The monoisotopic (exact) mass is 306 g/mol. The summed E-state index contributed by atoms with van der Waals surface area (Å²) in [6, 6.07) is 9.60. The van der Waals surface area contributed by atoms with Crippen LogP contribution in [-0.4, -0.2) is 17.9 Å². The highest BCUT2D eigenvalue weighted by molar-refractivity contribution is 6.31. The van der Waals surface area contributed by atoms with Crippen molar-refractivity contribution in [1.29, 1.82) is 0 Å². The minimum absolute atomic E-state index is 0.0958. The Morgan fingerprint density at radius 3 is 2.71 bits per heavy atom. The summed E-state index contributed by atoms with van der Waals surface area (Å²) in [5.74, 6) is -0.648. The summed E-state index contributed by atoms with van der Waals surface area (Å²) in [5.41, 5.74) is 7.86. The van der Waals surface area contributed by atoms with Crippen LogP contribution < -0.4 is 5.73 Å². The van der Waals surface area contributed by atoms with Crippen molar-refractivity contribution in [2.24, 2.45) is 0 Å². The maximum Gasteiger partial charge on any atom is 0.254 e. The summed E-state index contributed by atoms with van der Waals surface area (Å²) in [7, 11) is 1.60. The van der Waals surface area contributed by atoms with Crippen LogP contribution in [0, 0.1) is 12.7 Å². The fourth-order valence-electron chi connectivity index (χ4n) is 2.07. The highest BCUT2D eigenvalue weighted by Crippen LogP contribution is 2.22. The number of carbonyl (C=O) groups is 1. The fourth-order valence-corrected chi connectivity index (χ4v) is 2.29. The molecule has 0 aliphatic rings. The van der Waals surface area contributed by atoms with E-state index < -0.39 is 5.82 Å². The van der Waals surface area contributed by atoms with Crippen LogP contribution in [-0.2, 0) is 6.54 Å². The largest absolute Gasteiger partial charge is 0.399 e. The van der Waals surface area contributed by atoms with Gasteiger partial charge in [-0.05, 0) is 36.8 Å². The predicted octanol–water partition coefficient (Wildman–Crippen LogP) is 3.64. The summed E-state index contributed by atoms with van der Waals surface area (Å²) >= 11 is 5.98. The molecule has 0 bridgehead atoms. The number of nitrogens with zero attached hydrogens (tertiary/aromatic N) is 1. The van der Waals surface area contributed by atoms with Gasteiger partial charge in [0.1, 0.15) is 5.82 Å². The Kier molecular flexibility index (Phi) is 4.48. The molecule has 5 heteroatoms. The second kappa shape index (κ2) is 6.14. The quantitative estimate of drug-likeness (QED) is 0.880. The maximum absolute atomic E-state index is 13.8. The molecule has 2 rings (SSSR count). The lowest BCUT2D eigenvalue weighted by molar-refractivity contribution is 0.0783. The maximum atomic E-state index is 13.8. The molecule has 3 nitrogen and oxygen atoms in total. The molecule has 21 heavy (non-hydrogen) atoms. The van der Waals surface area contributed by atoms with Crippen molar-refractivity contribution in [3.63, 3.8) is 0 Å². The number of carbonyl (C=O) groups excluding carboxylic acids is 1. The predicted molar refractivity (Wildman–Crippen MR) is 82.8 cm³/mol. The Balaban J connectivity index is 2.26. The number of amides is 1. The number of anilines is 1. The first-order valence-corrected chi connectivity index (χ1v) is 6.82. The zero-order valence-electron chi connectivity index (χ0n) is 11.9. The van der Waals surface area contributed by atoms with Gasteiger partial charge in [-0.15, -0.1) is 0 Å². The van der Waals surface area contributed by atoms with Gasteiger partial charge in [-0.1, -0.05) is 23.7 Å². The van der Waals surface area contributed by atoms with Crippen LogP contribution in [0.4, 0.5) is 10.1 Å². The summed E-state index contributed by atoms with van der Waals surface area (Å²) < 4.78 is 13.8. The highest BCUT2D eigenvalue weighted by atomic mass is 35.5. The van der Waals surface area contributed by atoms with E-state index in [-0.39, 0.29) is 12.5 Å². The van der Waals surface area contributed by atoms with Gasteiger partial charge >= 0.3 is 0 Å². The third-order valence-electron chi connectivity index (χ3n) is 3.30. The molecule has 0 saturated heterocycles. The van der Waals surface area contributed by atoms with Gasteiger partial charge in [-0.25, -0.2) is 4.39 Å². The number of benzene rings is 2. The molecular formula is C16H16ClFN2O. The van der Waals surface area contributed by atoms with Gasteiger partial charge in [0.05, 0.1) is 0 Å². The molecular weight excluding hydrogens is 291 g/mol. The Labute approximate surface area is 128 Å². The van der Waals surface area contributed by atoms with E-state index in [2.05, 4.69) is 0 Å². The average Bonchev–Trinajstić information content (AvgIpc) is 2.44. The Bertz CT molecular complexity index is 668. The van der Waals surface area contributed by atoms with Gasteiger partial charge < -0.3 is 10.6 Å². The molecule has 2 N–H and O–H groups in total. The van der Waals surface area contributed by atoms with E-state index in [1.807, 2.05) is 6.92 Å². The molecule has 0 fully saturated rings. The van der Waals surface area contributed by atoms with Crippen molar-refractivity contribution in [3.05, 3.63) is 63.9 Å².